The Morgan fingerprint density at radius 2 is 1.91 bits per heavy atom. The van der Waals surface area contributed by atoms with Crippen molar-refractivity contribution in [2.75, 3.05) is 0 Å². The van der Waals surface area contributed by atoms with E-state index in [4.69, 9.17) is 0 Å². The van der Waals surface area contributed by atoms with Gasteiger partial charge in [0.15, 0.2) is 0 Å². The maximum Gasteiger partial charge on any atom is 0.0293 e. The smallest absolute Gasteiger partial charge is 0.0293 e. The zero-order chi connectivity index (χ0) is 7.94. The van der Waals surface area contributed by atoms with Gasteiger partial charge in [0.25, 0.3) is 0 Å². The van der Waals surface area contributed by atoms with E-state index in [1.807, 2.05) is 6.92 Å². The molecule has 0 saturated carbocycles. The number of rotatable bonds is 2. The zero-order valence-corrected chi connectivity index (χ0v) is 7.85. The summed E-state index contributed by atoms with van der Waals surface area (Å²) in [5, 5.41) is 1.45. The molecule has 0 aromatic heterocycles. The Kier molecular flexibility index (Phi) is 3.56. The van der Waals surface area contributed by atoms with Crippen molar-refractivity contribution in [3.8, 4) is 0 Å². The van der Waals surface area contributed by atoms with Crippen LogP contribution in [-0.2, 0) is 0 Å². The number of hydrogen-bond acceptors (Lipinski definition) is 0. The van der Waals surface area contributed by atoms with E-state index in [9.17, 15) is 0 Å². The van der Waals surface area contributed by atoms with Crippen LogP contribution < -0.4 is 5.19 Å². The fraction of sp³-hybridized carbons (Fsp3) is 0.100. The second kappa shape index (κ2) is 4.80. The number of hydrogen-bond donors (Lipinski definition) is 0. The highest BCUT2D eigenvalue weighted by Crippen LogP contribution is 1.78. The minimum absolute atomic E-state index is 0.333. The van der Waals surface area contributed by atoms with Crippen LogP contribution in [0.2, 0.25) is 0 Å². The van der Waals surface area contributed by atoms with E-state index < -0.39 is 0 Å². The minimum atomic E-state index is 0.333. The molecule has 0 bridgehead atoms. The average molecular weight is 160 g/mol. The summed E-state index contributed by atoms with van der Waals surface area (Å²) in [5.74, 6) is 0. The summed E-state index contributed by atoms with van der Waals surface area (Å²) < 4.78 is 0. The van der Waals surface area contributed by atoms with Crippen LogP contribution in [0, 0.1) is 0 Å². The summed E-state index contributed by atoms with van der Waals surface area (Å²) in [7, 11) is 0.333. The molecular formula is C10H12Si. The fourth-order valence-corrected chi connectivity index (χ4v) is 1.84. The van der Waals surface area contributed by atoms with Crippen LogP contribution in [0.15, 0.2) is 42.5 Å². The van der Waals surface area contributed by atoms with Gasteiger partial charge in [0.2, 0.25) is 0 Å². The minimum Gasteiger partial charge on any atom is -0.0881 e. The van der Waals surface area contributed by atoms with Gasteiger partial charge in [-0.05, 0) is 12.1 Å². The molecule has 0 aliphatic heterocycles. The van der Waals surface area contributed by atoms with Crippen molar-refractivity contribution in [1.29, 1.82) is 0 Å². The number of benzene rings is 1. The van der Waals surface area contributed by atoms with Gasteiger partial charge in [-0.15, -0.1) is 0 Å². The third-order valence-corrected chi connectivity index (χ3v) is 2.58. The summed E-state index contributed by atoms with van der Waals surface area (Å²) >= 11 is 0. The summed E-state index contributed by atoms with van der Waals surface area (Å²) in [6.07, 6.45) is 4.18. The Bertz CT molecular complexity index is 247. The highest BCUT2D eigenvalue weighted by atomic mass is 28.2. The molecule has 1 aromatic rings. The van der Waals surface area contributed by atoms with Gasteiger partial charge < -0.3 is 0 Å². The van der Waals surface area contributed by atoms with Crippen molar-refractivity contribution in [2.45, 2.75) is 6.92 Å². The molecule has 0 spiro atoms. The topological polar surface area (TPSA) is 0 Å². The fourth-order valence-electron chi connectivity index (χ4n) is 0.842. The summed E-state index contributed by atoms with van der Waals surface area (Å²) in [4.78, 5) is 0. The van der Waals surface area contributed by atoms with Crippen molar-refractivity contribution >= 4 is 20.0 Å². The van der Waals surface area contributed by atoms with Crippen molar-refractivity contribution in [3.63, 3.8) is 0 Å². The van der Waals surface area contributed by atoms with Crippen LogP contribution in [-0.4, -0.2) is 14.8 Å². The van der Waals surface area contributed by atoms with E-state index in [1.165, 1.54) is 5.19 Å². The highest BCUT2D eigenvalue weighted by molar-refractivity contribution is 6.62. The normalized spacial score (nSPS) is 11.4. The van der Waals surface area contributed by atoms with Crippen molar-refractivity contribution < 1.29 is 0 Å². The first-order valence-electron chi connectivity index (χ1n) is 3.78. The molecule has 0 fully saturated rings. The zero-order valence-electron chi connectivity index (χ0n) is 6.70. The van der Waals surface area contributed by atoms with Crippen LogP contribution in [0.25, 0.3) is 0 Å². The van der Waals surface area contributed by atoms with E-state index >= 15 is 0 Å². The average Bonchev–Trinajstić information content (AvgIpc) is 2.07. The molecule has 0 unspecified atom stereocenters. The van der Waals surface area contributed by atoms with Crippen molar-refractivity contribution in [2.24, 2.45) is 0 Å². The van der Waals surface area contributed by atoms with E-state index in [-0.39, 0.29) is 0 Å². The standard InChI is InChI=1S/C10H12Si/c1-2-3-9-11-10-7-5-4-6-8-10/h2-9,11H,1H3. The lowest BCUT2D eigenvalue weighted by molar-refractivity contribution is 1.77. The highest BCUT2D eigenvalue weighted by Gasteiger charge is 1.79. The largest absolute Gasteiger partial charge is 0.0881 e. The molecule has 0 radical (unpaired) electrons. The summed E-state index contributed by atoms with van der Waals surface area (Å²) in [5.41, 5.74) is 2.25. The van der Waals surface area contributed by atoms with Gasteiger partial charge in [-0.2, -0.15) is 0 Å². The van der Waals surface area contributed by atoms with Crippen LogP contribution in [0.5, 0.6) is 0 Å². The molecular weight excluding hydrogens is 148 g/mol. The Morgan fingerprint density at radius 1 is 1.18 bits per heavy atom. The van der Waals surface area contributed by atoms with Crippen molar-refractivity contribution in [3.05, 3.63) is 42.5 Å². The third kappa shape index (κ3) is 3.10. The summed E-state index contributed by atoms with van der Waals surface area (Å²) in [6.45, 7) is 2.04. The maximum absolute atomic E-state index is 2.25. The molecule has 0 saturated heterocycles. The van der Waals surface area contributed by atoms with E-state index in [0.29, 0.717) is 9.13 Å². The second-order valence-corrected chi connectivity index (χ2v) is 3.68. The van der Waals surface area contributed by atoms with Crippen LogP contribution >= 0.6 is 0 Å². The first-order chi connectivity index (χ1) is 5.43. The molecule has 56 valence electrons. The lowest BCUT2D eigenvalue weighted by Gasteiger charge is -1.87. The Morgan fingerprint density at radius 3 is 2.55 bits per heavy atom. The molecule has 0 aliphatic rings. The van der Waals surface area contributed by atoms with Crippen LogP contribution in [0.1, 0.15) is 6.92 Å². The van der Waals surface area contributed by atoms with Gasteiger partial charge in [-0.1, -0.05) is 48.2 Å². The van der Waals surface area contributed by atoms with Crippen molar-refractivity contribution in [1.82, 2.24) is 0 Å². The quantitative estimate of drug-likeness (QED) is 0.569. The molecule has 1 aromatic carbocycles. The maximum atomic E-state index is 2.25. The van der Waals surface area contributed by atoms with Gasteiger partial charge in [0.1, 0.15) is 0 Å². The second-order valence-electron chi connectivity index (χ2n) is 2.30. The molecule has 0 nitrogen and oxygen atoms in total. The molecule has 0 atom stereocenters. The third-order valence-electron chi connectivity index (χ3n) is 1.39. The van der Waals surface area contributed by atoms with Gasteiger partial charge in [0, 0.05) is 9.13 Å². The Balaban J connectivity index is 2.64. The lowest BCUT2D eigenvalue weighted by atomic mass is 10.4. The first-order valence-corrected chi connectivity index (χ1v) is 5.02. The van der Waals surface area contributed by atoms with E-state index in [1.54, 1.807) is 0 Å². The Labute approximate surface area is 70.0 Å². The Hall–Kier alpha value is -0.953. The number of allylic oxidation sites excluding steroid dienone is 2. The monoisotopic (exact) mass is 160 g/mol. The predicted molar refractivity (Wildman–Crippen MR) is 54.1 cm³/mol. The molecule has 0 heterocycles. The van der Waals surface area contributed by atoms with Gasteiger partial charge in [-0.3, -0.25) is 0 Å². The SMILES string of the molecule is CC=CC=[SiH]c1ccccc1. The van der Waals surface area contributed by atoms with Gasteiger partial charge >= 0.3 is 0 Å². The van der Waals surface area contributed by atoms with E-state index in [0.717, 1.165) is 0 Å². The summed E-state index contributed by atoms with van der Waals surface area (Å²) in [6, 6.07) is 10.6. The van der Waals surface area contributed by atoms with E-state index in [2.05, 4.69) is 48.2 Å². The molecule has 0 amide bonds. The van der Waals surface area contributed by atoms with Crippen LogP contribution in [0.4, 0.5) is 0 Å². The predicted octanol–water partition coefficient (Wildman–Crippen LogP) is 1.13. The molecule has 1 rings (SSSR count). The molecule has 0 N–H and O–H groups in total. The first kappa shape index (κ1) is 8.15. The van der Waals surface area contributed by atoms with Gasteiger partial charge in [-0.25, -0.2) is 0 Å². The molecule has 1 heteroatoms. The van der Waals surface area contributed by atoms with Gasteiger partial charge in [0.05, 0.1) is 0 Å². The van der Waals surface area contributed by atoms with Crippen LogP contribution in [0.3, 0.4) is 0 Å². The molecule has 0 aliphatic carbocycles. The lowest BCUT2D eigenvalue weighted by Crippen LogP contribution is -2.06. The molecule has 11 heavy (non-hydrogen) atoms.